The molecule has 2 atom stereocenters. The average molecular weight is 385 g/mol. The van der Waals surface area contributed by atoms with E-state index in [1.807, 2.05) is 0 Å². The third-order valence-corrected chi connectivity index (χ3v) is 5.15. The molecule has 3 rings (SSSR count). The molecule has 1 aliphatic rings. The largest absolute Gasteiger partial charge is 0.369 e. The molecule has 0 bridgehead atoms. The van der Waals surface area contributed by atoms with Crippen LogP contribution in [0.2, 0.25) is 0 Å². The fraction of sp³-hybridized carbons (Fsp3) is 0.300. The van der Waals surface area contributed by atoms with Crippen LogP contribution in [0, 0.1) is 5.82 Å². The molecule has 2 aromatic rings. The van der Waals surface area contributed by atoms with Crippen molar-refractivity contribution in [2.45, 2.75) is 31.2 Å². The summed E-state index contributed by atoms with van der Waals surface area (Å²) in [6, 6.07) is 9.82. The Morgan fingerprint density at radius 3 is 2.39 bits per heavy atom. The van der Waals surface area contributed by atoms with E-state index in [-0.39, 0.29) is 22.5 Å². The number of carbonyl (C=O) groups is 1. The SMILES string of the molecule is [B]c1cccc([C@@]2(C)N=C(N)N(C)C(=O)[C@@H]2c2ccc(C(C)(F)F)cc2)c1F. The molecule has 2 N–H and O–H groups in total. The Bertz CT molecular complexity index is 956. The summed E-state index contributed by atoms with van der Waals surface area (Å²) in [6.07, 6.45) is 0. The summed E-state index contributed by atoms with van der Waals surface area (Å²) >= 11 is 0. The number of benzene rings is 2. The molecule has 0 aromatic heterocycles. The number of halogens is 3. The van der Waals surface area contributed by atoms with Crippen molar-refractivity contribution in [3.8, 4) is 0 Å². The summed E-state index contributed by atoms with van der Waals surface area (Å²) in [4.78, 5) is 18.6. The number of likely N-dealkylation sites (N-methyl/N-ethyl adjacent to an activating group) is 1. The maximum Gasteiger partial charge on any atom is 0.270 e. The molecule has 8 heteroatoms. The van der Waals surface area contributed by atoms with Crippen molar-refractivity contribution in [2.24, 2.45) is 10.7 Å². The Morgan fingerprint density at radius 2 is 1.82 bits per heavy atom. The number of rotatable bonds is 3. The maximum atomic E-state index is 14.8. The number of alkyl halides is 2. The van der Waals surface area contributed by atoms with Crippen molar-refractivity contribution in [3.05, 3.63) is 65.0 Å². The Morgan fingerprint density at radius 1 is 1.21 bits per heavy atom. The monoisotopic (exact) mass is 385 g/mol. The highest BCUT2D eigenvalue weighted by molar-refractivity contribution is 6.32. The molecule has 4 nitrogen and oxygen atoms in total. The van der Waals surface area contributed by atoms with Gasteiger partial charge in [0.05, 0.1) is 5.92 Å². The van der Waals surface area contributed by atoms with Crippen molar-refractivity contribution in [2.75, 3.05) is 7.05 Å². The molecular formula is C20H19BF3N3O. The van der Waals surface area contributed by atoms with Crippen molar-refractivity contribution in [1.82, 2.24) is 4.90 Å². The summed E-state index contributed by atoms with van der Waals surface area (Å²) in [5, 5.41) is 0. The molecule has 2 radical (unpaired) electrons. The van der Waals surface area contributed by atoms with Crippen LogP contribution < -0.4 is 11.2 Å². The van der Waals surface area contributed by atoms with Gasteiger partial charge in [0.1, 0.15) is 19.2 Å². The van der Waals surface area contributed by atoms with Crippen molar-refractivity contribution in [1.29, 1.82) is 0 Å². The van der Waals surface area contributed by atoms with E-state index in [0.29, 0.717) is 5.56 Å². The van der Waals surface area contributed by atoms with Crippen LogP contribution in [0.25, 0.3) is 0 Å². The lowest BCUT2D eigenvalue weighted by Gasteiger charge is -2.41. The molecule has 0 aliphatic carbocycles. The fourth-order valence-corrected chi connectivity index (χ4v) is 3.52. The van der Waals surface area contributed by atoms with Crippen molar-refractivity contribution in [3.63, 3.8) is 0 Å². The zero-order valence-corrected chi connectivity index (χ0v) is 15.7. The highest BCUT2D eigenvalue weighted by Gasteiger charge is 2.48. The Hall–Kier alpha value is -2.77. The van der Waals surface area contributed by atoms with Gasteiger partial charge in [0.25, 0.3) is 5.92 Å². The van der Waals surface area contributed by atoms with Gasteiger partial charge in [0, 0.05) is 25.1 Å². The standard InChI is InChI=1S/C20H19BF3N3O/c1-19(13-5-4-6-14(21)16(13)22)15(17(28)27(3)18(25)26-19)11-7-9-12(10-8-11)20(2,23)24/h4-10,15H,1-3H3,(H2,25,26)/t15-,19+/m0/s1. The normalized spacial score (nSPS) is 22.9. The van der Waals surface area contributed by atoms with E-state index in [9.17, 15) is 18.0 Å². The summed E-state index contributed by atoms with van der Waals surface area (Å²) in [7, 11) is 7.16. The highest BCUT2D eigenvalue weighted by atomic mass is 19.3. The first kappa shape index (κ1) is 20.0. The Kier molecular flexibility index (Phi) is 4.77. The van der Waals surface area contributed by atoms with Crippen LogP contribution in [-0.4, -0.2) is 31.7 Å². The molecule has 0 fully saturated rings. The molecule has 0 saturated carbocycles. The number of aliphatic imine (C=N–C) groups is 1. The first-order valence-electron chi connectivity index (χ1n) is 8.62. The van der Waals surface area contributed by atoms with Gasteiger partial charge in [-0.3, -0.25) is 9.69 Å². The first-order chi connectivity index (χ1) is 13.0. The van der Waals surface area contributed by atoms with Gasteiger partial charge in [-0.25, -0.2) is 18.2 Å². The second-order valence-electron chi connectivity index (χ2n) is 7.17. The number of guanidine groups is 1. The number of hydrogen-bond donors (Lipinski definition) is 1. The third kappa shape index (κ3) is 3.17. The molecule has 0 unspecified atom stereocenters. The van der Waals surface area contributed by atoms with Crippen LogP contribution in [0.15, 0.2) is 47.5 Å². The van der Waals surface area contributed by atoms with E-state index in [2.05, 4.69) is 4.99 Å². The maximum absolute atomic E-state index is 14.8. The van der Waals surface area contributed by atoms with Crippen LogP contribution in [0.4, 0.5) is 13.2 Å². The van der Waals surface area contributed by atoms with Gasteiger partial charge in [-0.2, -0.15) is 0 Å². The summed E-state index contributed by atoms with van der Waals surface area (Å²) in [6.45, 7) is 2.37. The van der Waals surface area contributed by atoms with Crippen LogP contribution >= 0.6 is 0 Å². The van der Waals surface area contributed by atoms with E-state index in [1.54, 1.807) is 13.0 Å². The molecule has 2 aromatic carbocycles. The number of nitrogens with two attached hydrogens (primary N) is 1. The van der Waals surface area contributed by atoms with Crippen LogP contribution in [0.5, 0.6) is 0 Å². The van der Waals surface area contributed by atoms with E-state index in [1.165, 1.54) is 48.3 Å². The molecular weight excluding hydrogens is 366 g/mol. The lowest BCUT2D eigenvalue weighted by atomic mass is 9.73. The Balaban J connectivity index is 2.21. The smallest absolute Gasteiger partial charge is 0.270 e. The van der Waals surface area contributed by atoms with Gasteiger partial charge in [-0.05, 0) is 12.5 Å². The third-order valence-electron chi connectivity index (χ3n) is 5.15. The number of nitrogens with zero attached hydrogens (tertiary/aromatic N) is 2. The van der Waals surface area contributed by atoms with Crippen molar-refractivity contribution >= 4 is 25.2 Å². The summed E-state index contributed by atoms with van der Waals surface area (Å²) in [5.41, 5.74) is 4.75. The van der Waals surface area contributed by atoms with E-state index in [4.69, 9.17) is 13.6 Å². The minimum absolute atomic E-state index is 0.0673. The number of carbonyl (C=O) groups excluding carboxylic acids is 1. The molecule has 28 heavy (non-hydrogen) atoms. The molecule has 1 heterocycles. The minimum atomic E-state index is -3.02. The second-order valence-corrected chi connectivity index (χ2v) is 7.17. The quantitative estimate of drug-likeness (QED) is 0.826. The van der Waals surface area contributed by atoms with Gasteiger partial charge in [0.15, 0.2) is 5.96 Å². The van der Waals surface area contributed by atoms with Gasteiger partial charge in [-0.1, -0.05) is 47.9 Å². The minimum Gasteiger partial charge on any atom is -0.369 e. The lowest BCUT2D eigenvalue weighted by molar-refractivity contribution is -0.130. The predicted molar refractivity (Wildman–Crippen MR) is 102 cm³/mol. The number of hydrogen-bond acceptors (Lipinski definition) is 3. The zero-order valence-electron chi connectivity index (χ0n) is 15.7. The van der Waals surface area contributed by atoms with Gasteiger partial charge < -0.3 is 5.73 Å². The topological polar surface area (TPSA) is 58.7 Å². The van der Waals surface area contributed by atoms with E-state index in [0.717, 1.165) is 6.92 Å². The first-order valence-corrected chi connectivity index (χ1v) is 8.62. The van der Waals surface area contributed by atoms with Gasteiger partial charge in [-0.15, -0.1) is 0 Å². The second kappa shape index (κ2) is 6.69. The van der Waals surface area contributed by atoms with Gasteiger partial charge in [0.2, 0.25) is 5.91 Å². The Labute approximate surface area is 162 Å². The van der Waals surface area contributed by atoms with Crippen LogP contribution in [-0.2, 0) is 16.3 Å². The van der Waals surface area contributed by atoms with Crippen LogP contribution in [0.3, 0.4) is 0 Å². The van der Waals surface area contributed by atoms with E-state index >= 15 is 0 Å². The molecule has 0 spiro atoms. The summed E-state index contributed by atoms with van der Waals surface area (Å²) in [5.74, 6) is -5.17. The molecule has 144 valence electrons. The lowest BCUT2D eigenvalue weighted by Crippen LogP contribution is -2.53. The van der Waals surface area contributed by atoms with Gasteiger partial charge >= 0.3 is 0 Å². The summed E-state index contributed by atoms with van der Waals surface area (Å²) < 4.78 is 41.9. The van der Waals surface area contributed by atoms with Crippen LogP contribution in [0.1, 0.15) is 36.5 Å². The van der Waals surface area contributed by atoms with E-state index < -0.39 is 29.1 Å². The fourth-order valence-electron chi connectivity index (χ4n) is 3.52. The average Bonchev–Trinajstić information content (AvgIpc) is 2.62. The van der Waals surface area contributed by atoms with Crippen molar-refractivity contribution < 1.29 is 18.0 Å². The molecule has 1 amide bonds. The predicted octanol–water partition coefficient (Wildman–Crippen LogP) is 2.52. The molecule has 0 saturated heterocycles. The highest BCUT2D eigenvalue weighted by Crippen LogP contribution is 2.44. The zero-order chi connectivity index (χ0) is 20.9. The molecule has 1 aliphatic heterocycles. The number of amides is 1.